The van der Waals surface area contributed by atoms with E-state index in [2.05, 4.69) is 18.9 Å². The second-order valence-corrected chi connectivity index (χ2v) is 2.20. The molecule has 0 radical (unpaired) electrons. The molecule has 0 bridgehead atoms. The Morgan fingerprint density at radius 3 is 2.50 bits per heavy atom. The normalized spacial score (nSPS) is 7.33. The summed E-state index contributed by atoms with van der Waals surface area (Å²) in [5.74, 6) is 2.60. The molecule has 0 nitrogen and oxygen atoms in total. The highest BCUT2D eigenvalue weighted by molar-refractivity contribution is 5.35. The van der Waals surface area contributed by atoms with Gasteiger partial charge in [0.15, 0.2) is 0 Å². The van der Waals surface area contributed by atoms with Crippen molar-refractivity contribution >= 4 is 0 Å². The summed E-state index contributed by atoms with van der Waals surface area (Å²) in [6.45, 7) is 2.12. The summed E-state index contributed by atoms with van der Waals surface area (Å²) in [5, 5.41) is 0. The number of terminal acetylenes is 1. The molecule has 0 N–H and O–H groups in total. The molecular formula is C12H18. The van der Waals surface area contributed by atoms with Crippen LogP contribution in [0.15, 0.2) is 24.3 Å². The van der Waals surface area contributed by atoms with Crippen molar-refractivity contribution in [3.05, 3.63) is 35.4 Å². The molecule has 0 fully saturated rings. The van der Waals surface area contributed by atoms with Gasteiger partial charge in [0.05, 0.1) is 0 Å². The highest BCUT2D eigenvalue weighted by atomic mass is 13.9. The summed E-state index contributed by atoms with van der Waals surface area (Å²) < 4.78 is 0. The molecule has 0 amide bonds. The van der Waals surface area contributed by atoms with Gasteiger partial charge in [-0.05, 0) is 24.1 Å². The van der Waals surface area contributed by atoms with Crippen LogP contribution >= 0.6 is 0 Å². The minimum atomic E-state index is 0. The molecule has 0 heterocycles. The van der Waals surface area contributed by atoms with Crippen LogP contribution < -0.4 is 0 Å². The number of rotatable bonds is 1. The van der Waals surface area contributed by atoms with E-state index >= 15 is 0 Å². The zero-order chi connectivity index (χ0) is 7.40. The first-order valence-electron chi connectivity index (χ1n) is 3.42. The third-order valence-corrected chi connectivity index (χ3v) is 1.50. The van der Waals surface area contributed by atoms with Crippen molar-refractivity contribution in [1.82, 2.24) is 0 Å². The number of aryl methyl sites for hydroxylation is 1. The summed E-state index contributed by atoms with van der Waals surface area (Å²) >= 11 is 0. The Morgan fingerprint density at radius 1 is 1.33 bits per heavy atom. The zero-order valence-corrected chi connectivity index (χ0v) is 6.09. The molecule has 0 atom stereocenters. The van der Waals surface area contributed by atoms with Crippen LogP contribution in [0.25, 0.3) is 0 Å². The summed E-state index contributed by atoms with van der Waals surface area (Å²) in [6, 6.07) is 8.06. The molecular weight excluding hydrogens is 144 g/mol. The molecule has 66 valence electrons. The van der Waals surface area contributed by atoms with Crippen LogP contribution in [0.3, 0.4) is 0 Å². The summed E-state index contributed by atoms with van der Waals surface area (Å²) in [6.07, 6.45) is 6.27. The lowest BCUT2D eigenvalue weighted by molar-refractivity contribution is 1.14. The molecule has 1 aromatic rings. The van der Waals surface area contributed by atoms with Crippen molar-refractivity contribution in [2.24, 2.45) is 0 Å². The fourth-order valence-corrected chi connectivity index (χ4v) is 0.881. The highest BCUT2D eigenvalue weighted by Gasteiger charge is 1.88. The van der Waals surface area contributed by atoms with Gasteiger partial charge in [0.1, 0.15) is 0 Å². The summed E-state index contributed by atoms with van der Waals surface area (Å²) in [5.41, 5.74) is 2.27. The maximum atomic E-state index is 5.22. The van der Waals surface area contributed by atoms with Gasteiger partial charge in [-0.15, -0.1) is 6.42 Å². The minimum Gasteiger partial charge on any atom is -0.115 e. The predicted molar refractivity (Wildman–Crippen MR) is 57.2 cm³/mol. The largest absolute Gasteiger partial charge is 0.115 e. The molecule has 0 saturated heterocycles. The van der Waals surface area contributed by atoms with Crippen LogP contribution in [0.2, 0.25) is 0 Å². The lowest BCUT2D eigenvalue weighted by Gasteiger charge is -1.94. The maximum absolute atomic E-state index is 5.22. The van der Waals surface area contributed by atoms with Crippen molar-refractivity contribution in [1.29, 1.82) is 0 Å². The lowest BCUT2D eigenvalue weighted by Crippen LogP contribution is -1.80. The maximum Gasteiger partial charge on any atom is 0.0245 e. The molecule has 0 saturated carbocycles. The Bertz CT molecular complexity index is 253. The Kier molecular flexibility index (Phi) is 7.23. The van der Waals surface area contributed by atoms with Crippen molar-refractivity contribution < 1.29 is 0 Å². The van der Waals surface area contributed by atoms with Gasteiger partial charge in [0.25, 0.3) is 0 Å². The fraction of sp³-hybridized carbons (Fsp3) is 0.333. The highest BCUT2D eigenvalue weighted by Crippen LogP contribution is 2.03. The Morgan fingerprint density at radius 2 is 2.00 bits per heavy atom. The monoisotopic (exact) mass is 162 g/mol. The first-order valence-corrected chi connectivity index (χ1v) is 3.42. The smallest absolute Gasteiger partial charge is 0.0245 e. The van der Waals surface area contributed by atoms with Gasteiger partial charge in [-0.2, -0.15) is 0 Å². The summed E-state index contributed by atoms with van der Waals surface area (Å²) in [7, 11) is 0. The predicted octanol–water partition coefficient (Wildman–Crippen LogP) is 3.50. The number of hydrogen-bond acceptors (Lipinski definition) is 0. The molecule has 0 aromatic heterocycles. The Hall–Kier alpha value is -1.22. The third kappa shape index (κ3) is 3.25. The molecule has 0 heteroatoms. The van der Waals surface area contributed by atoms with Gasteiger partial charge < -0.3 is 0 Å². The van der Waals surface area contributed by atoms with E-state index in [9.17, 15) is 0 Å². The Balaban J connectivity index is 0. The minimum absolute atomic E-state index is 0. The van der Waals surface area contributed by atoms with Crippen LogP contribution in [0.4, 0.5) is 0 Å². The second-order valence-electron chi connectivity index (χ2n) is 2.20. The number of hydrogen-bond donors (Lipinski definition) is 0. The molecule has 0 aliphatic rings. The molecule has 1 rings (SSSR count). The van der Waals surface area contributed by atoms with E-state index in [1.165, 1.54) is 5.56 Å². The van der Waals surface area contributed by atoms with Gasteiger partial charge in [-0.3, -0.25) is 0 Å². The van der Waals surface area contributed by atoms with E-state index in [1.54, 1.807) is 0 Å². The quantitative estimate of drug-likeness (QED) is 0.554. The molecule has 12 heavy (non-hydrogen) atoms. The van der Waals surface area contributed by atoms with E-state index < -0.39 is 0 Å². The van der Waals surface area contributed by atoms with Gasteiger partial charge >= 0.3 is 0 Å². The molecule has 0 unspecified atom stereocenters. The van der Waals surface area contributed by atoms with Gasteiger partial charge in [0, 0.05) is 5.56 Å². The van der Waals surface area contributed by atoms with E-state index in [0.29, 0.717) is 0 Å². The number of benzene rings is 1. The molecule has 0 aliphatic heterocycles. The van der Waals surface area contributed by atoms with Gasteiger partial charge in [0.2, 0.25) is 0 Å². The molecule has 0 spiro atoms. The van der Waals surface area contributed by atoms with Gasteiger partial charge in [-0.25, -0.2) is 0 Å². The van der Waals surface area contributed by atoms with E-state index in [-0.39, 0.29) is 14.9 Å². The topological polar surface area (TPSA) is 0 Å². The second kappa shape index (κ2) is 6.49. The van der Waals surface area contributed by atoms with Crippen LogP contribution in [0, 0.1) is 12.3 Å². The van der Waals surface area contributed by atoms with Crippen LogP contribution in [0.5, 0.6) is 0 Å². The van der Waals surface area contributed by atoms with Crippen molar-refractivity contribution in [2.45, 2.75) is 28.2 Å². The van der Waals surface area contributed by atoms with E-state index in [1.807, 2.05) is 18.2 Å². The SMILES string of the molecule is C.C.C#Cc1cccc(CC)c1. The van der Waals surface area contributed by atoms with Crippen LogP contribution in [-0.4, -0.2) is 0 Å². The third-order valence-electron chi connectivity index (χ3n) is 1.50. The first-order chi connectivity index (χ1) is 4.86. The van der Waals surface area contributed by atoms with E-state index in [4.69, 9.17) is 6.42 Å². The average molecular weight is 162 g/mol. The van der Waals surface area contributed by atoms with Crippen LogP contribution in [0.1, 0.15) is 32.9 Å². The van der Waals surface area contributed by atoms with Gasteiger partial charge in [-0.1, -0.05) is 39.8 Å². The van der Waals surface area contributed by atoms with E-state index in [0.717, 1.165) is 12.0 Å². The average Bonchev–Trinajstić information content (AvgIpc) is 2.05. The van der Waals surface area contributed by atoms with Crippen molar-refractivity contribution in [2.75, 3.05) is 0 Å². The van der Waals surface area contributed by atoms with Crippen LogP contribution in [-0.2, 0) is 6.42 Å². The molecule has 1 aromatic carbocycles. The van der Waals surface area contributed by atoms with Crippen molar-refractivity contribution in [3.8, 4) is 12.3 Å². The van der Waals surface area contributed by atoms with Crippen molar-refractivity contribution in [3.63, 3.8) is 0 Å². The zero-order valence-electron chi connectivity index (χ0n) is 6.09. The fourth-order valence-electron chi connectivity index (χ4n) is 0.881. The lowest BCUT2D eigenvalue weighted by atomic mass is 10.1. The summed E-state index contributed by atoms with van der Waals surface area (Å²) in [4.78, 5) is 0. The standard InChI is InChI=1S/C10H10.2CH4/c1-3-9-6-5-7-10(4-2)8-9;;/h1,5-8H,4H2,2H3;2*1H4. The first kappa shape index (κ1) is 13.4. The Labute approximate surface area is 76.6 Å². The molecule has 0 aliphatic carbocycles.